The number of hydrogen-bond acceptors (Lipinski definition) is 3. The van der Waals surface area contributed by atoms with Crippen molar-refractivity contribution in [1.29, 1.82) is 0 Å². The van der Waals surface area contributed by atoms with Crippen LogP contribution >= 0.6 is 11.6 Å². The van der Waals surface area contributed by atoms with Crippen LogP contribution in [0.15, 0.2) is 189 Å². The average molecular weight is 1320 g/mol. The summed E-state index contributed by atoms with van der Waals surface area (Å²) in [5, 5.41) is 3.69. The van der Waals surface area contributed by atoms with E-state index >= 15 is 0 Å². The van der Waals surface area contributed by atoms with Gasteiger partial charge in [-0.3, -0.25) is 9.78 Å². The number of alkyl halides is 7. The normalized spacial score (nSPS) is 11.1. The Morgan fingerprint density at radius 1 is 0.591 bits per heavy atom. The zero-order chi connectivity index (χ0) is 66.9. The standard InChI is InChI=1S/C18H11F4N.C14H10F8N2.C13H15N2O.C12H15N2.C11H12ClN2.2CH4/c1-10-14(16(20)18(22)17(21)15(10)19)12-7-8-13(23-9-12)11-5-3-2-4-6-11;1-12(16,17)7-13(18,19)10-9(14(20,21)22)11(15)24(23-10)8-5-3-2-4-6-8;1-10-6-4-5-7-13(10)15-9-12(11(2)16)8-14(15)3;1-10-6-4-5-7-12(10)14-9-8-11(2)13(14)3;1-9-5-3-4-6-11(9)14-8-10(12)7-13(14)2;;/h2-9H,1H3;2-6H,7H2,1H3;4-9H,1-3H3;4-9H,1-3H3;3-8H,1-2H3;2*1H4/q;;3*+1;;. The Labute approximate surface area is 537 Å². The summed E-state index contributed by atoms with van der Waals surface area (Å²) in [6.45, 7) is 11.3. The first kappa shape index (κ1) is 74.2. The Morgan fingerprint density at radius 2 is 1.10 bits per heavy atom. The molecular formula is C70H71ClF12N9O+3. The second-order valence-corrected chi connectivity index (χ2v) is 21.6. The van der Waals surface area contributed by atoms with Gasteiger partial charge in [0.15, 0.2) is 43.1 Å². The van der Waals surface area contributed by atoms with E-state index in [0.717, 1.165) is 39.7 Å². The molecule has 93 heavy (non-hydrogen) atoms. The maximum absolute atomic E-state index is 14.1. The lowest BCUT2D eigenvalue weighted by atomic mass is 9.99. The first-order valence-corrected chi connectivity index (χ1v) is 28.3. The van der Waals surface area contributed by atoms with Crippen LogP contribution in [0.3, 0.4) is 0 Å². The molecule has 0 spiro atoms. The van der Waals surface area contributed by atoms with Gasteiger partial charge in [0.05, 0.1) is 42.9 Å². The van der Waals surface area contributed by atoms with E-state index in [9.17, 15) is 57.5 Å². The lowest BCUT2D eigenvalue weighted by Gasteiger charge is -2.20. The number of carbonyl (C=O) groups is 1. The first-order chi connectivity index (χ1) is 42.8. The Hall–Kier alpha value is -9.57. The Balaban J connectivity index is 0.000000213. The van der Waals surface area contributed by atoms with E-state index in [2.05, 4.69) is 109 Å². The van der Waals surface area contributed by atoms with Gasteiger partial charge < -0.3 is 0 Å². The van der Waals surface area contributed by atoms with Crippen molar-refractivity contribution >= 4 is 17.4 Å². The van der Waals surface area contributed by atoms with Crippen LogP contribution in [0.4, 0.5) is 52.7 Å². The van der Waals surface area contributed by atoms with E-state index in [-0.39, 0.29) is 54.6 Å². The van der Waals surface area contributed by atoms with Gasteiger partial charge in [-0.1, -0.05) is 140 Å². The molecule has 0 aliphatic heterocycles. The minimum atomic E-state index is -5.53. The van der Waals surface area contributed by atoms with Crippen molar-refractivity contribution in [1.82, 2.24) is 28.8 Å². The van der Waals surface area contributed by atoms with Gasteiger partial charge in [-0.05, 0) is 95.5 Å². The number of rotatable bonds is 10. The minimum Gasteiger partial charge on any atom is -0.294 e. The van der Waals surface area contributed by atoms with Crippen molar-refractivity contribution in [2.24, 2.45) is 21.1 Å². The number of pyridine rings is 1. The second-order valence-electron chi connectivity index (χ2n) is 21.2. The summed E-state index contributed by atoms with van der Waals surface area (Å²) in [6.07, 6.45) is 3.15. The highest BCUT2D eigenvalue weighted by molar-refractivity contribution is 6.30. The molecule has 5 heterocycles. The van der Waals surface area contributed by atoms with E-state index in [1.54, 1.807) is 13.0 Å². The smallest absolute Gasteiger partial charge is 0.294 e. The Kier molecular flexibility index (Phi) is 24.9. The zero-order valence-corrected chi connectivity index (χ0v) is 51.7. The zero-order valence-electron chi connectivity index (χ0n) is 51.0. The van der Waals surface area contributed by atoms with Gasteiger partial charge in [0.25, 0.3) is 11.8 Å². The van der Waals surface area contributed by atoms with E-state index in [0.29, 0.717) is 5.69 Å². The number of hydrogen-bond donors (Lipinski definition) is 0. The molecule has 11 aromatic rings. The maximum Gasteiger partial charge on any atom is 0.422 e. The summed E-state index contributed by atoms with van der Waals surface area (Å²) < 4.78 is 173. The SMILES string of the molecule is C.C.CC(=O)c1cn(-c2ccccc2C)[n+](C)c1.CC(F)(F)CC(F)(F)c1nn(-c2ccccc2)c(F)c1C(F)(F)F.Cc1c(F)c(F)c(F)c(F)c1-c1ccc(-c2ccccc2)nc1.Cc1ccccc1-[n+]1ccc(C)n1C.Cc1ccccc1-n1cc(Cl)c[n+]1C. The third kappa shape index (κ3) is 17.9. The number of nitrogens with zero attached hydrogens (tertiary/aromatic N) is 9. The molecule has 10 nitrogen and oxygen atoms in total. The van der Waals surface area contributed by atoms with Crippen molar-refractivity contribution in [2.45, 2.75) is 87.8 Å². The van der Waals surface area contributed by atoms with Crippen LogP contribution in [0, 0.1) is 63.8 Å². The summed E-state index contributed by atoms with van der Waals surface area (Å²) in [7, 11) is 5.97. The molecule has 0 N–H and O–H groups in total. The number of aryl methyl sites for hydroxylation is 6. The quantitative estimate of drug-likeness (QED) is 0.0450. The average Bonchev–Trinajstić information content (AvgIpc) is 1.73. The van der Waals surface area contributed by atoms with Crippen LogP contribution in [-0.2, 0) is 33.2 Å². The van der Waals surface area contributed by atoms with Crippen LogP contribution in [0.1, 0.15) is 84.7 Å². The van der Waals surface area contributed by atoms with Crippen LogP contribution in [0.5, 0.6) is 0 Å². The molecule has 11 rings (SSSR count). The molecule has 0 fully saturated rings. The van der Waals surface area contributed by atoms with Crippen LogP contribution in [0.2, 0.25) is 5.02 Å². The predicted molar refractivity (Wildman–Crippen MR) is 336 cm³/mol. The van der Waals surface area contributed by atoms with Gasteiger partial charge >= 0.3 is 6.18 Å². The number of Topliss-reactive ketones (excluding diaryl/α,β-unsaturated/α-hetero) is 1. The minimum absolute atomic E-state index is 0. The molecule has 0 amide bonds. The fourth-order valence-electron chi connectivity index (χ4n) is 9.45. The summed E-state index contributed by atoms with van der Waals surface area (Å²) in [4.78, 5) is 15.5. The molecule has 0 saturated heterocycles. The van der Waals surface area contributed by atoms with Gasteiger partial charge in [-0.2, -0.15) is 36.1 Å². The topological polar surface area (TPSA) is 74.2 Å². The van der Waals surface area contributed by atoms with E-state index in [1.807, 2.05) is 118 Å². The number of halogens is 13. The van der Waals surface area contributed by atoms with E-state index in [1.165, 1.54) is 65.5 Å². The van der Waals surface area contributed by atoms with Crippen LogP contribution < -0.4 is 14.0 Å². The van der Waals surface area contributed by atoms with Gasteiger partial charge in [-0.15, -0.1) is 18.7 Å². The summed E-state index contributed by atoms with van der Waals surface area (Å²) in [5.74, 6) is -17.1. The number of ketones is 1. The largest absolute Gasteiger partial charge is 0.422 e. The van der Waals surface area contributed by atoms with E-state index in [4.69, 9.17) is 11.6 Å². The maximum atomic E-state index is 14.1. The summed E-state index contributed by atoms with van der Waals surface area (Å²) >= 11 is 5.93. The monoisotopic (exact) mass is 1320 g/mol. The van der Waals surface area contributed by atoms with Gasteiger partial charge in [0.1, 0.15) is 33.2 Å². The number of aromatic nitrogens is 9. The molecule has 5 aromatic heterocycles. The molecular weight excluding hydrogens is 1250 g/mol. The fourth-order valence-corrected chi connectivity index (χ4v) is 9.68. The molecule has 0 radical (unpaired) electrons. The molecule has 0 bridgehead atoms. The highest BCUT2D eigenvalue weighted by Gasteiger charge is 2.52. The fraction of sp³-hybridized carbons (Fsp3) is 0.229. The molecule has 0 unspecified atom stereocenters. The number of carbonyl (C=O) groups excluding carboxylic acids is 1. The Morgan fingerprint density at radius 3 is 1.56 bits per heavy atom. The van der Waals surface area contributed by atoms with E-state index < -0.39 is 64.9 Å². The van der Waals surface area contributed by atoms with Crippen molar-refractivity contribution < 1.29 is 71.5 Å². The van der Waals surface area contributed by atoms with Gasteiger partial charge in [-0.25, -0.2) is 31.0 Å². The van der Waals surface area contributed by atoms with Gasteiger partial charge in [0, 0.05) is 40.6 Å². The number of para-hydroxylation sites is 4. The third-order valence-electron chi connectivity index (χ3n) is 14.2. The number of benzene rings is 6. The third-order valence-corrected chi connectivity index (χ3v) is 14.4. The Bertz CT molecular complexity index is 4230. The lowest BCUT2D eigenvalue weighted by Crippen LogP contribution is -2.39. The predicted octanol–water partition coefficient (Wildman–Crippen LogP) is 17.7. The first-order valence-electron chi connectivity index (χ1n) is 27.9. The van der Waals surface area contributed by atoms with Crippen molar-refractivity contribution in [3.63, 3.8) is 0 Å². The lowest BCUT2D eigenvalue weighted by molar-refractivity contribution is -0.744. The summed E-state index contributed by atoms with van der Waals surface area (Å²) in [6, 6.07) is 45.6. The van der Waals surface area contributed by atoms with Gasteiger partial charge in [0.2, 0.25) is 30.2 Å². The van der Waals surface area contributed by atoms with Crippen molar-refractivity contribution in [2.75, 3.05) is 0 Å². The van der Waals surface area contributed by atoms with Crippen molar-refractivity contribution in [3.05, 3.63) is 268 Å². The van der Waals surface area contributed by atoms with Crippen LogP contribution in [0.25, 0.3) is 45.1 Å². The second kappa shape index (κ2) is 31.2. The molecule has 0 aliphatic carbocycles. The molecule has 23 heteroatoms. The summed E-state index contributed by atoms with van der Waals surface area (Å²) in [5.41, 5.74) is 5.54. The molecule has 6 aromatic carbocycles. The molecule has 0 saturated carbocycles. The molecule has 0 atom stereocenters. The highest BCUT2D eigenvalue weighted by atomic mass is 35.5. The molecule has 0 aliphatic rings. The highest BCUT2D eigenvalue weighted by Crippen LogP contribution is 2.45. The van der Waals surface area contributed by atoms with Crippen molar-refractivity contribution in [3.8, 4) is 45.1 Å². The molecule has 490 valence electrons. The van der Waals surface area contributed by atoms with Crippen LogP contribution in [-0.4, -0.2) is 40.5 Å².